The van der Waals surface area contributed by atoms with Crippen LogP contribution in [0.4, 0.5) is 0 Å². The van der Waals surface area contributed by atoms with E-state index in [1.165, 1.54) is 0 Å². The van der Waals surface area contributed by atoms with E-state index in [4.69, 9.17) is 25.8 Å². The first-order chi connectivity index (χ1) is 10.1. The van der Waals surface area contributed by atoms with Crippen LogP contribution >= 0.6 is 11.6 Å². The number of Topliss-reactive ketones (excluding diaryl/α,β-unsaturated/α-hetero) is 1. The summed E-state index contributed by atoms with van der Waals surface area (Å²) >= 11 is 5.96. The Morgan fingerprint density at radius 1 is 1.43 bits per heavy atom. The second kappa shape index (κ2) is 5.95. The van der Waals surface area contributed by atoms with Crippen molar-refractivity contribution < 1.29 is 19.0 Å². The van der Waals surface area contributed by atoms with Crippen LogP contribution in [-0.4, -0.2) is 38.3 Å². The maximum atomic E-state index is 12.8. The molecule has 2 heterocycles. The van der Waals surface area contributed by atoms with Crippen LogP contribution < -0.4 is 4.74 Å². The summed E-state index contributed by atoms with van der Waals surface area (Å²) in [5, 5.41) is 0.566. The third-order valence-corrected chi connectivity index (χ3v) is 4.60. The number of hydrogen-bond acceptors (Lipinski definition) is 4. The van der Waals surface area contributed by atoms with Crippen LogP contribution in [0.5, 0.6) is 5.75 Å². The Hall–Kier alpha value is -1.10. The molecule has 2 fully saturated rings. The molecule has 0 saturated carbocycles. The largest absolute Gasteiger partial charge is 0.496 e. The first-order valence-electron chi connectivity index (χ1n) is 7.23. The second-order valence-electron chi connectivity index (χ2n) is 5.73. The third-order valence-electron chi connectivity index (χ3n) is 4.36. The quantitative estimate of drug-likeness (QED) is 0.805. The average Bonchev–Trinajstić information content (AvgIpc) is 2.94. The van der Waals surface area contributed by atoms with Gasteiger partial charge < -0.3 is 14.2 Å². The van der Waals surface area contributed by atoms with E-state index in [0.717, 1.165) is 19.3 Å². The lowest BCUT2D eigenvalue weighted by Crippen LogP contribution is -2.42. The van der Waals surface area contributed by atoms with Gasteiger partial charge in [0.25, 0.3) is 0 Å². The van der Waals surface area contributed by atoms with E-state index in [-0.39, 0.29) is 17.3 Å². The first-order valence-corrected chi connectivity index (χ1v) is 7.61. The van der Waals surface area contributed by atoms with Crippen molar-refractivity contribution in [3.05, 3.63) is 28.8 Å². The number of rotatable bonds is 3. The molecular formula is C16H19ClO4. The molecule has 2 aliphatic rings. The Morgan fingerprint density at radius 3 is 3.00 bits per heavy atom. The second-order valence-corrected chi connectivity index (χ2v) is 6.17. The summed E-state index contributed by atoms with van der Waals surface area (Å²) in [5.41, 5.74) is 0.334. The Morgan fingerprint density at radius 2 is 2.29 bits per heavy atom. The summed E-state index contributed by atoms with van der Waals surface area (Å²) in [4.78, 5) is 12.8. The highest BCUT2D eigenvalue weighted by Gasteiger charge is 2.43. The van der Waals surface area contributed by atoms with Gasteiger partial charge in [-0.3, -0.25) is 4.79 Å². The molecular weight excluding hydrogens is 292 g/mol. The van der Waals surface area contributed by atoms with E-state index >= 15 is 0 Å². The van der Waals surface area contributed by atoms with E-state index in [1.807, 2.05) is 0 Å². The lowest BCUT2D eigenvalue weighted by atomic mass is 9.81. The van der Waals surface area contributed by atoms with Crippen molar-refractivity contribution in [2.24, 2.45) is 5.92 Å². The van der Waals surface area contributed by atoms with Crippen molar-refractivity contribution in [2.75, 3.05) is 26.9 Å². The number of ketones is 1. The van der Waals surface area contributed by atoms with Gasteiger partial charge in [-0.15, -0.1) is 0 Å². The minimum absolute atomic E-state index is 0.0458. The topological polar surface area (TPSA) is 44.8 Å². The van der Waals surface area contributed by atoms with E-state index in [2.05, 4.69) is 0 Å². The molecule has 4 nitrogen and oxygen atoms in total. The number of benzene rings is 1. The van der Waals surface area contributed by atoms with Gasteiger partial charge in [0.05, 0.1) is 24.9 Å². The van der Waals surface area contributed by atoms with Crippen LogP contribution in [0.1, 0.15) is 29.6 Å². The molecule has 1 aromatic carbocycles. The van der Waals surface area contributed by atoms with E-state index < -0.39 is 0 Å². The average molecular weight is 311 g/mol. The van der Waals surface area contributed by atoms with Gasteiger partial charge in [0, 0.05) is 30.6 Å². The molecule has 2 atom stereocenters. The Kier molecular flexibility index (Phi) is 4.20. The smallest absolute Gasteiger partial charge is 0.169 e. The number of carbonyl (C=O) groups is 1. The maximum Gasteiger partial charge on any atom is 0.169 e. The van der Waals surface area contributed by atoms with Gasteiger partial charge in [-0.2, -0.15) is 0 Å². The van der Waals surface area contributed by atoms with E-state index in [1.54, 1.807) is 25.3 Å². The predicted molar refractivity (Wildman–Crippen MR) is 79.2 cm³/mol. The minimum atomic E-state index is -0.266. The zero-order valence-corrected chi connectivity index (χ0v) is 12.8. The zero-order chi connectivity index (χ0) is 14.9. The Labute approximate surface area is 129 Å². The number of carbonyl (C=O) groups excluding carboxylic acids is 1. The van der Waals surface area contributed by atoms with Crippen molar-refractivity contribution in [2.45, 2.75) is 24.9 Å². The molecule has 0 radical (unpaired) electrons. The lowest BCUT2D eigenvalue weighted by Gasteiger charge is -2.36. The van der Waals surface area contributed by atoms with Crippen LogP contribution in [0.15, 0.2) is 18.2 Å². The van der Waals surface area contributed by atoms with Crippen LogP contribution in [-0.2, 0) is 9.47 Å². The first kappa shape index (κ1) is 14.8. The Balaban J connectivity index is 1.81. The third kappa shape index (κ3) is 2.93. The van der Waals surface area contributed by atoms with Crippen molar-refractivity contribution >= 4 is 17.4 Å². The van der Waals surface area contributed by atoms with Crippen molar-refractivity contribution in [3.63, 3.8) is 0 Å². The fourth-order valence-corrected chi connectivity index (χ4v) is 3.37. The summed E-state index contributed by atoms with van der Waals surface area (Å²) in [6.07, 6.45) is 2.33. The number of halogens is 1. The zero-order valence-electron chi connectivity index (χ0n) is 12.1. The number of ether oxygens (including phenoxy) is 3. The molecule has 0 aliphatic carbocycles. The SMILES string of the molecule is COc1cc(Cl)ccc1C(=O)C1CCOC2(CCOC2)C1. The van der Waals surface area contributed by atoms with Gasteiger partial charge in [-0.25, -0.2) is 0 Å². The molecule has 0 N–H and O–H groups in total. The molecule has 2 unspecified atom stereocenters. The fourth-order valence-electron chi connectivity index (χ4n) is 3.20. The normalized spacial score (nSPS) is 28.8. The molecule has 3 rings (SSSR count). The highest BCUT2D eigenvalue weighted by molar-refractivity contribution is 6.30. The number of methoxy groups -OCH3 is 1. The standard InChI is InChI=1S/C16H19ClO4/c1-19-14-8-12(17)2-3-13(14)15(18)11-4-6-21-16(9-11)5-7-20-10-16/h2-3,8,11H,4-7,9-10H2,1H3. The fraction of sp³-hybridized carbons (Fsp3) is 0.562. The summed E-state index contributed by atoms with van der Waals surface area (Å²) in [6, 6.07) is 5.16. The van der Waals surface area contributed by atoms with Crippen molar-refractivity contribution in [1.82, 2.24) is 0 Å². The van der Waals surface area contributed by atoms with Gasteiger partial charge in [-0.05, 0) is 31.0 Å². The molecule has 2 saturated heterocycles. The molecule has 0 aromatic heterocycles. The molecule has 0 bridgehead atoms. The van der Waals surface area contributed by atoms with Crippen LogP contribution in [0.3, 0.4) is 0 Å². The minimum Gasteiger partial charge on any atom is -0.496 e. The monoisotopic (exact) mass is 310 g/mol. The summed E-state index contributed by atoms with van der Waals surface area (Å²) < 4.78 is 16.6. The van der Waals surface area contributed by atoms with Gasteiger partial charge in [0.2, 0.25) is 0 Å². The van der Waals surface area contributed by atoms with Gasteiger partial charge in [0.15, 0.2) is 5.78 Å². The maximum absolute atomic E-state index is 12.8. The molecule has 2 aliphatic heterocycles. The predicted octanol–water partition coefficient (Wildman–Crippen LogP) is 3.12. The van der Waals surface area contributed by atoms with Crippen molar-refractivity contribution in [1.29, 1.82) is 0 Å². The van der Waals surface area contributed by atoms with Gasteiger partial charge in [-0.1, -0.05) is 11.6 Å². The molecule has 5 heteroatoms. The number of hydrogen-bond donors (Lipinski definition) is 0. The summed E-state index contributed by atoms with van der Waals surface area (Å²) in [6.45, 7) is 1.91. The van der Waals surface area contributed by atoms with Gasteiger partial charge >= 0.3 is 0 Å². The van der Waals surface area contributed by atoms with E-state index in [9.17, 15) is 4.79 Å². The van der Waals surface area contributed by atoms with Crippen LogP contribution in [0.2, 0.25) is 5.02 Å². The van der Waals surface area contributed by atoms with Crippen LogP contribution in [0, 0.1) is 5.92 Å². The highest BCUT2D eigenvalue weighted by Crippen LogP contribution is 2.38. The highest BCUT2D eigenvalue weighted by atomic mass is 35.5. The molecule has 114 valence electrons. The van der Waals surface area contributed by atoms with Crippen LogP contribution in [0.25, 0.3) is 0 Å². The Bertz CT molecular complexity index is 537. The molecule has 0 amide bonds. The van der Waals surface area contributed by atoms with Crippen molar-refractivity contribution in [3.8, 4) is 5.75 Å². The summed E-state index contributed by atoms with van der Waals surface area (Å²) in [7, 11) is 1.55. The lowest BCUT2D eigenvalue weighted by molar-refractivity contribution is -0.0920. The van der Waals surface area contributed by atoms with E-state index in [0.29, 0.717) is 36.2 Å². The molecule has 1 spiro atoms. The molecule has 1 aromatic rings. The van der Waals surface area contributed by atoms with Gasteiger partial charge in [0.1, 0.15) is 5.75 Å². The summed E-state index contributed by atoms with van der Waals surface area (Å²) in [5.74, 6) is 0.601. The molecule has 21 heavy (non-hydrogen) atoms.